The normalized spacial score (nSPS) is 10.2. The lowest BCUT2D eigenvalue weighted by molar-refractivity contribution is 0.804. The number of aromatic nitrogens is 4. The van der Waals surface area contributed by atoms with E-state index >= 15 is 0 Å². The lowest BCUT2D eigenvalue weighted by atomic mass is 10.4. The van der Waals surface area contributed by atoms with Gasteiger partial charge >= 0.3 is 5.69 Å². The van der Waals surface area contributed by atoms with Crippen LogP contribution in [0.5, 0.6) is 0 Å². The highest BCUT2D eigenvalue weighted by atomic mass is 35.5. The minimum Gasteiger partial charge on any atom is -0.289 e. The summed E-state index contributed by atoms with van der Waals surface area (Å²) in [6, 6.07) is 3.31. The third-order valence-corrected chi connectivity index (χ3v) is 2.41. The molecule has 98 valence electrons. The van der Waals surface area contributed by atoms with E-state index < -0.39 is 5.69 Å². The number of hydrogen-bond donors (Lipinski definition) is 2. The van der Waals surface area contributed by atoms with Crippen LogP contribution in [-0.2, 0) is 0 Å². The first kappa shape index (κ1) is 13.2. The molecule has 2 aromatic heterocycles. The molecule has 2 heterocycles. The molecule has 0 aromatic carbocycles. The first-order valence-corrected chi connectivity index (χ1v) is 5.76. The van der Waals surface area contributed by atoms with Gasteiger partial charge < -0.3 is 0 Å². The zero-order valence-electron chi connectivity index (χ0n) is 9.88. The van der Waals surface area contributed by atoms with Gasteiger partial charge in [-0.15, -0.1) is 6.58 Å². The lowest BCUT2D eigenvalue weighted by Gasteiger charge is -2.07. The van der Waals surface area contributed by atoms with Gasteiger partial charge in [0.1, 0.15) is 6.33 Å². The Hall–Kier alpha value is -2.25. The van der Waals surface area contributed by atoms with E-state index in [9.17, 15) is 4.79 Å². The molecule has 0 saturated heterocycles. The van der Waals surface area contributed by atoms with Crippen LogP contribution in [0.3, 0.4) is 0 Å². The number of nitrogens with zero attached hydrogens (tertiary/aromatic N) is 4. The topological polar surface area (TPSA) is 84.7 Å². The Kier molecular flexibility index (Phi) is 4.22. The van der Waals surface area contributed by atoms with E-state index in [0.29, 0.717) is 17.4 Å². The van der Waals surface area contributed by atoms with Crippen LogP contribution >= 0.6 is 11.6 Å². The summed E-state index contributed by atoms with van der Waals surface area (Å²) in [5.74, 6) is 0.454. The second-order valence-electron chi connectivity index (χ2n) is 3.44. The van der Waals surface area contributed by atoms with Crippen molar-refractivity contribution in [3.8, 4) is 5.82 Å². The molecular weight excluding hydrogens is 268 g/mol. The fraction of sp³-hybridized carbons (Fsp3) is 0.0909. The molecule has 19 heavy (non-hydrogen) atoms. The van der Waals surface area contributed by atoms with Gasteiger partial charge in [0, 0.05) is 12.7 Å². The minimum atomic E-state index is -0.529. The first-order valence-electron chi connectivity index (χ1n) is 5.38. The number of rotatable bonds is 5. The maximum absolute atomic E-state index is 11.9. The molecule has 0 bridgehead atoms. The van der Waals surface area contributed by atoms with Gasteiger partial charge in [-0.3, -0.25) is 5.43 Å². The van der Waals surface area contributed by atoms with E-state index in [1.165, 1.54) is 17.1 Å². The molecule has 0 saturated carbocycles. The second kappa shape index (κ2) is 6.07. The van der Waals surface area contributed by atoms with Crippen LogP contribution in [0.2, 0.25) is 5.02 Å². The van der Waals surface area contributed by atoms with Gasteiger partial charge in [0.25, 0.3) is 0 Å². The molecule has 0 atom stereocenters. The van der Waals surface area contributed by atoms with E-state index in [2.05, 4.69) is 32.4 Å². The van der Waals surface area contributed by atoms with Crippen LogP contribution in [0.15, 0.2) is 42.1 Å². The molecule has 8 heteroatoms. The van der Waals surface area contributed by atoms with Crippen molar-refractivity contribution in [2.45, 2.75) is 0 Å². The summed E-state index contributed by atoms with van der Waals surface area (Å²) < 4.78 is 1.17. The van der Waals surface area contributed by atoms with Crippen molar-refractivity contribution in [1.82, 2.24) is 24.9 Å². The summed E-state index contributed by atoms with van der Waals surface area (Å²) in [7, 11) is 0. The Balaban J connectivity index is 2.27. The van der Waals surface area contributed by atoms with E-state index in [1.54, 1.807) is 18.2 Å². The van der Waals surface area contributed by atoms with Crippen molar-refractivity contribution in [3.05, 3.63) is 52.8 Å². The molecular formula is C11H11ClN6O. The molecule has 2 rings (SSSR count). The predicted octanol–water partition coefficient (Wildman–Crippen LogP) is 0.778. The van der Waals surface area contributed by atoms with Gasteiger partial charge in [-0.05, 0) is 12.1 Å². The summed E-state index contributed by atoms with van der Waals surface area (Å²) in [6.07, 6.45) is 4.49. The maximum Gasteiger partial charge on any atom is 0.357 e. The molecule has 0 fully saturated rings. The number of halogens is 1. The van der Waals surface area contributed by atoms with Crippen molar-refractivity contribution >= 4 is 17.5 Å². The molecule has 0 spiro atoms. The molecule has 0 radical (unpaired) electrons. The quantitative estimate of drug-likeness (QED) is 0.478. The first-order chi connectivity index (χ1) is 9.22. The van der Waals surface area contributed by atoms with Crippen LogP contribution in [0, 0.1) is 0 Å². The predicted molar refractivity (Wildman–Crippen MR) is 72.3 cm³/mol. The molecule has 0 aliphatic carbocycles. The van der Waals surface area contributed by atoms with E-state index in [4.69, 9.17) is 11.6 Å². The Morgan fingerprint density at radius 1 is 1.47 bits per heavy atom. The van der Waals surface area contributed by atoms with Gasteiger partial charge in [0.2, 0.25) is 5.95 Å². The largest absolute Gasteiger partial charge is 0.357 e. The monoisotopic (exact) mass is 278 g/mol. The van der Waals surface area contributed by atoms with Crippen molar-refractivity contribution in [2.24, 2.45) is 0 Å². The molecule has 0 aliphatic heterocycles. The zero-order chi connectivity index (χ0) is 13.7. The summed E-state index contributed by atoms with van der Waals surface area (Å²) in [4.78, 5) is 23.6. The molecule has 0 amide bonds. The number of pyridine rings is 1. The molecule has 0 aliphatic rings. The summed E-state index contributed by atoms with van der Waals surface area (Å²) in [5.41, 5.74) is 4.91. The number of anilines is 1. The Morgan fingerprint density at radius 2 is 2.32 bits per heavy atom. The Bertz CT molecular complexity index is 641. The fourth-order valence-electron chi connectivity index (χ4n) is 1.30. The third kappa shape index (κ3) is 3.15. The molecule has 2 N–H and O–H groups in total. The van der Waals surface area contributed by atoms with E-state index in [-0.39, 0.29) is 5.95 Å². The summed E-state index contributed by atoms with van der Waals surface area (Å²) >= 11 is 5.96. The number of nitrogens with one attached hydrogen (secondary N) is 2. The molecule has 7 nitrogen and oxygen atoms in total. The molecule has 2 aromatic rings. The third-order valence-electron chi connectivity index (χ3n) is 2.12. The average Bonchev–Trinajstić information content (AvgIpc) is 2.40. The summed E-state index contributed by atoms with van der Waals surface area (Å²) in [5, 5.41) is 0.346. The Labute approximate surface area is 114 Å². The van der Waals surface area contributed by atoms with Crippen LogP contribution < -0.4 is 16.5 Å². The van der Waals surface area contributed by atoms with Crippen LogP contribution in [0.1, 0.15) is 0 Å². The SMILES string of the molecule is C=CCNNc1ncn(-c2ncccc2Cl)c(=O)n1. The van der Waals surface area contributed by atoms with Gasteiger partial charge in [-0.2, -0.15) is 4.98 Å². The Morgan fingerprint density at radius 3 is 3.00 bits per heavy atom. The number of hydrazine groups is 1. The highest BCUT2D eigenvalue weighted by Gasteiger charge is 2.07. The lowest BCUT2D eigenvalue weighted by Crippen LogP contribution is -2.28. The summed E-state index contributed by atoms with van der Waals surface area (Å²) in [6.45, 7) is 4.05. The standard InChI is InChI=1S/C11H11ClN6O/c1-2-5-15-17-10-14-7-18(11(19)16-10)9-8(12)4-3-6-13-9/h2-4,6-7,15H,1,5H2,(H,16,17,19). The highest BCUT2D eigenvalue weighted by Crippen LogP contribution is 2.14. The smallest absolute Gasteiger partial charge is 0.289 e. The van der Waals surface area contributed by atoms with Gasteiger partial charge in [-0.1, -0.05) is 17.7 Å². The highest BCUT2D eigenvalue weighted by molar-refractivity contribution is 6.32. The van der Waals surface area contributed by atoms with Gasteiger partial charge in [0.15, 0.2) is 5.82 Å². The van der Waals surface area contributed by atoms with Crippen LogP contribution in [0.25, 0.3) is 5.82 Å². The maximum atomic E-state index is 11.9. The van der Waals surface area contributed by atoms with Gasteiger partial charge in [-0.25, -0.2) is 24.8 Å². The van der Waals surface area contributed by atoms with Crippen LogP contribution in [0.4, 0.5) is 5.95 Å². The molecule has 0 unspecified atom stereocenters. The van der Waals surface area contributed by atoms with E-state index in [0.717, 1.165) is 0 Å². The van der Waals surface area contributed by atoms with Crippen LogP contribution in [-0.4, -0.2) is 26.1 Å². The van der Waals surface area contributed by atoms with Crippen molar-refractivity contribution in [3.63, 3.8) is 0 Å². The second-order valence-corrected chi connectivity index (χ2v) is 3.84. The van der Waals surface area contributed by atoms with E-state index in [1.807, 2.05) is 0 Å². The zero-order valence-corrected chi connectivity index (χ0v) is 10.6. The van der Waals surface area contributed by atoms with Crippen molar-refractivity contribution in [2.75, 3.05) is 12.0 Å². The van der Waals surface area contributed by atoms with Gasteiger partial charge in [0.05, 0.1) is 5.02 Å². The average molecular weight is 279 g/mol. The fourth-order valence-corrected chi connectivity index (χ4v) is 1.51. The minimum absolute atomic E-state index is 0.162. The van der Waals surface area contributed by atoms with Crippen molar-refractivity contribution < 1.29 is 0 Å². The number of hydrogen-bond acceptors (Lipinski definition) is 6. The van der Waals surface area contributed by atoms with Crippen molar-refractivity contribution in [1.29, 1.82) is 0 Å².